The summed E-state index contributed by atoms with van der Waals surface area (Å²) in [6.07, 6.45) is 0. The minimum Gasteiger partial charge on any atom is -0.398 e. The van der Waals surface area contributed by atoms with Crippen LogP contribution in [0.5, 0.6) is 0 Å². The molecule has 0 fully saturated rings. The first-order valence-corrected chi connectivity index (χ1v) is 23.3. The van der Waals surface area contributed by atoms with Crippen LogP contribution >= 0.6 is 0 Å². The Bertz CT molecular complexity index is 4000. The Balaban J connectivity index is 1.03. The van der Waals surface area contributed by atoms with Gasteiger partial charge in [0.05, 0.1) is 37.7 Å². The number of anilines is 2. The van der Waals surface area contributed by atoms with Crippen molar-refractivity contribution in [3.05, 3.63) is 236 Å². The van der Waals surface area contributed by atoms with E-state index in [-0.39, 0.29) is 55.6 Å². The highest BCUT2D eigenvalue weighted by Crippen LogP contribution is 2.45. The molecule has 10 aromatic rings. The van der Waals surface area contributed by atoms with Crippen LogP contribution in [-0.2, 0) is 0 Å². The molecule has 372 valence electrons. The maximum absolute atomic E-state index is 16.3. The molecule has 0 radical (unpaired) electrons. The molecule has 0 saturated heterocycles. The lowest BCUT2D eigenvalue weighted by Crippen LogP contribution is -2.03. The first-order valence-electron chi connectivity index (χ1n) is 23.3. The zero-order valence-electron chi connectivity index (χ0n) is 39.5. The molecule has 0 aromatic heterocycles. The first-order chi connectivity index (χ1) is 36.5. The van der Waals surface area contributed by atoms with Gasteiger partial charge in [-0.3, -0.25) is 20.2 Å². The smallest absolute Gasteiger partial charge is 0.278 e. The van der Waals surface area contributed by atoms with Gasteiger partial charge in [0.25, 0.3) is 11.4 Å². The number of hydrogen-bond acceptors (Lipinski definition) is 6. The minimum atomic E-state index is -1.62. The average Bonchev–Trinajstić information content (AvgIpc) is 3.43. The van der Waals surface area contributed by atoms with E-state index in [0.717, 1.165) is 17.7 Å². The lowest BCUT2D eigenvalue weighted by molar-refractivity contribution is -0.388. The van der Waals surface area contributed by atoms with Crippen molar-refractivity contribution in [3.8, 4) is 111 Å². The summed E-state index contributed by atoms with van der Waals surface area (Å²) in [5.74, 6) is -10.3. The van der Waals surface area contributed by atoms with Crippen molar-refractivity contribution >= 4 is 22.7 Å². The number of halogens is 7. The Morgan fingerprint density at radius 3 is 0.789 bits per heavy atom. The normalized spacial score (nSPS) is 11.5. The van der Waals surface area contributed by atoms with Crippen LogP contribution < -0.4 is 11.5 Å². The maximum Gasteiger partial charge on any atom is 0.278 e. The number of nitro groups is 2. The molecule has 0 atom stereocenters. The molecule has 0 saturated carbocycles. The number of benzene rings is 10. The van der Waals surface area contributed by atoms with E-state index in [0.29, 0.717) is 50.3 Å². The van der Waals surface area contributed by atoms with Crippen molar-refractivity contribution in [1.29, 1.82) is 0 Å². The van der Waals surface area contributed by atoms with E-state index in [9.17, 15) is 20.2 Å². The fourth-order valence-electron chi connectivity index (χ4n) is 9.96. The van der Waals surface area contributed by atoms with Crippen molar-refractivity contribution in [2.24, 2.45) is 0 Å². The van der Waals surface area contributed by atoms with E-state index in [1.54, 1.807) is 36.4 Å². The zero-order chi connectivity index (χ0) is 53.4. The number of nitrogen functional groups attached to an aromatic ring is 2. The first kappa shape index (κ1) is 48.4. The van der Waals surface area contributed by atoms with Gasteiger partial charge in [0.1, 0.15) is 5.82 Å². The monoisotopic (exact) mass is 1020 g/mol. The predicted octanol–water partition coefficient (Wildman–Crippen LogP) is 16.9. The summed E-state index contributed by atoms with van der Waals surface area (Å²) in [5.41, 5.74) is 14.1. The van der Waals surface area contributed by atoms with Crippen molar-refractivity contribution < 1.29 is 40.6 Å². The third-order valence-corrected chi connectivity index (χ3v) is 13.9. The van der Waals surface area contributed by atoms with Crippen LogP contribution in [0.4, 0.5) is 53.5 Å². The standard InChI is InChI=1S/C61H35F7N4O4/c1-30-51-39-18-6-33(7-19-39)31-2-10-35(11-3-31)43-26-48(70)44(27-47(43)69)36-14-22-42(23-15-36)54-60(67)58(65)53(59(66)61(54)68)41-20-8-34(9-21-41)32-4-12-37(13-5-32)45-28-50(72(75)76)46(29-49(45)71(73)74)38-16-24-40(25-17-38)52(55(30)62)57(64)56(51)63/h2-29H,69-70H2,1H3. The van der Waals surface area contributed by atoms with Crippen molar-refractivity contribution in [2.75, 3.05) is 11.5 Å². The quantitative estimate of drug-likeness (QED) is 0.0581. The highest BCUT2D eigenvalue weighted by Gasteiger charge is 2.30. The number of nitrogens with zero attached hydrogens (tertiary/aromatic N) is 2. The molecule has 0 unspecified atom stereocenters. The molecule has 28 aliphatic rings. The molecule has 0 aliphatic heterocycles. The Morgan fingerprint density at radius 2 is 0.513 bits per heavy atom. The molecular weight excluding hydrogens is 986 g/mol. The molecular formula is C61H35F7N4O4. The fourth-order valence-corrected chi connectivity index (χ4v) is 9.96. The Kier molecular flexibility index (Phi) is 11.8. The topological polar surface area (TPSA) is 138 Å². The number of nitrogens with two attached hydrogens (primary N) is 2. The van der Waals surface area contributed by atoms with Gasteiger partial charge in [-0.05, 0) is 91.4 Å². The van der Waals surface area contributed by atoms with E-state index in [1.807, 2.05) is 24.3 Å². The average molecular weight is 1020 g/mol. The molecule has 8 nitrogen and oxygen atoms in total. The van der Waals surface area contributed by atoms with Gasteiger partial charge in [-0.15, -0.1) is 0 Å². The van der Waals surface area contributed by atoms with Crippen LogP contribution in [0.3, 0.4) is 0 Å². The molecule has 0 spiro atoms. The molecule has 28 aliphatic carbocycles. The van der Waals surface area contributed by atoms with E-state index in [1.165, 1.54) is 104 Å². The third-order valence-electron chi connectivity index (χ3n) is 13.9. The highest BCUT2D eigenvalue weighted by molar-refractivity contribution is 5.91. The molecule has 38 rings (SSSR count). The molecule has 4 N–H and O–H groups in total. The zero-order valence-corrected chi connectivity index (χ0v) is 39.5. The van der Waals surface area contributed by atoms with E-state index in [2.05, 4.69) is 0 Å². The summed E-state index contributed by atoms with van der Waals surface area (Å²) in [7, 11) is 0. The highest BCUT2D eigenvalue weighted by atomic mass is 19.2. The number of nitro benzene ring substituents is 2. The van der Waals surface area contributed by atoms with Gasteiger partial charge in [0, 0.05) is 40.2 Å². The number of rotatable bonds is 2. The number of hydrogen-bond donors (Lipinski definition) is 2. The lowest BCUT2D eigenvalue weighted by Gasteiger charge is -2.16. The van der Waals surface area contributed by atoms with Crippen LogP contribution in [0.2, 0.25) is 0 Å². The Labute approximate surface area is 427 Å². The van der Waals surface area contributed by atoms with Crippen LogP contribution in [0.25, 0.3) is 111 Å². The second-order valence-electron chi connectivity index (χ2n) is 18.2. The summed E-state index contributed by atoms with van der Waals surface area (Å²) < 4.78 is 112. The van der Waals surface area contributed by atoms with Gasteiger partial charge in [0.2, 0.25) is 0 Å². The molecule has 0 amide bonds. The largest absolute Gasteiger partial charge is 0.398 e. The molecule has 20 bridgehead atoms. The van der Waals surface area contributed by atoms with Crippen LogP contribution in [0.1, 0.15) is 5.56 Å². The SMILES string of the molecule is Cc1c(F)c2c(F)c(F)c1-c1ccc(cc1)-c1ccc(cc1)-c1cc(N)c(cc1N)-c1ccc(cc1)-c1c(F)c(F)c(c(F)c1F)-c1ccc(cc1)-c1ccc(cc1)-c1cc([N+](=O)[O-])c(cc1[N+](=O)[O-])-c1ccc-2cc1. The van der Waals surface area contributed by atoms with Gasteiger partial charge in [0.15, 0.2) is 34.9 Å². The van der Waals surface area contributed by atoms with E-state index in [4.69, 9.17) is 11.5 Å². The predicted molar refractivity (Wildman–Crippen MR) is 281 cm³/mol. The van der Waals surface area contributed by atoms with Gasteiger partial charge in [-0.1, -0.05) is 146 Å². The van der Waals surface area contributed by atoms with Crippen LogP contribution in [0.15, 0.2) is 170 Å². The second kappa shape index (κ2) is 18.5. The fraction of sp³-hybridized carbons (Fsp3) is 0.0164. The lowest BCUT2D eigenvalue weighted by atomic mass is 9.91. The summed E-state index contributed by atoms with van der Waals surface area (Å²) in [6.45, 7) is 1.32. The molecule has 76 heavy (non-hydrogen) atoms. The molecule has 10 aromatic carbocycles. The summed E-state index contributed by atoms with van der Waals surface area (Å²) in [6, 6.07) is 41.1. The van der Waals surface area contributed by atoms with Crippen molar-refractivity contribution in [1.82, 2.24) is 0 Å². The van der Waals surface area contributed by atoms with Gasteiger partial charge >= 0.3 is 0 Å². The Hall–Kier alpha value is -9.89. The summed E-state index contributed by atoms with van der Waals surface area (Å²) in [4.78, 5) is 23.7. The van der Waals surface area contributed by atoms with Gasteiger partial charge < -0.3 is 11.5 Å². The summed E-state index contributed by atoms with van der Waals surface area (Å²) >= 11 is 0. The van der Waals surface area contributed by atoms with E-state index >= 15 is 30.7 Å². The van der Waals surface area contributed by atoms with Crippen LogP contribution in [0, 0.1) is 67.9 Å². The maximum atomic E-state index is 16.3. The van der Waals surface area contributed by atoms with Gasteiger partial charge in [-0.2, -0.15) is 0 Å². The van der Waals surface area contributed by atoms with Crippen molar-refractivity contribution in [3.63, 3.8) is 0 Å². The van der Waals surface area contributed by atoms with Crippen molar-refractivity contribution in [2.45, 2.75) is 6.92 Å². The Morgan fingerprint density at radius 1 is 0.303 bits per heavy atom. The molecule has 15 heteroatoms. The van der Waals surface area contributed by atoms with E-state index < -0.39 is 78.6 Å². The summed E-state index contributed by atoms with van der Waals surface area (Å²) in [5, 5.41) is 25.1. The second-order valence-corrected chi connectivity index (χ2v) is 18.2. The van der Waals surface area contributed by atoms with Crippen LogP contribution in [-0.4, -0.2) is 9.85 Å². The molecule has 0 heterocycles. The minimum absolute atomic E-state index is 0.0845. The third kappa shape index (κ3) is 8.05. The van der Waals surface area contributed by atoms with Gasteiger partial charge in [-0.25, -0.2) is 30.7 Å².